The molecule has 0 spiro atoms. The number of aryl methyl sites for hydroxylation is 3. The quantitative estimate of drug-likeness (QED) is 0.877. The van der Waals surface area contributed by atoms with Gasteiger partial charge in [-0.1, -0.05) is 11.6 Å². The highest BCUT2D eigenvalue weighted by atomic mass is 35.5. The lowest BCUT2D eigenvalue weighted by Gasteiger charge is -2.18. The lowest BCUT2D eigenvalue weighted by Crippen LogP contribution is -2.31. The summed E-state index contributed by atoms with van der Waals surface area (Å²) in [7, 11) is 1.73. The van der Waals surface area contributed by atoms with E-state index in [0.29, 0.717) is 23.1 Å². The summed E-state index contributed by atoms with van der Waals surface area (Å²) in [5.41, 5.74) is 4.27. The van der Waals surface area contributed by atoms with Crippen molar-refractivity contribution in [3.63, 3.8) is 0 Å². The summed E-state index contributed by atoms with van der Waals surface area (Å²) in [6.45, 7) is 6.20. The highest BCUT2D eigenvalue weighted by Crippen LogP contribution is 2.16. The smallest absolute Gasteiger partial charge is 0.321 e. The lowest BCUT2D eigenvalue weighted by molar-refractivity contribution is 0.220. The van der Waals surface area contributed by atoms with E-state index in [1.54, 1.807) is 31.0 Å². The Labute approximate surface area is 135 Å². The van der Waals surface area contributed by atoms with Gasteiger partial charge >= 0.3 is 6.03 Å². The van der Waals surface area contributed by atoms with Crippen LogP contribution >= 0.6 is 11.6 Å². The summed E-state index contributed by atoms with van der Waals surface area (Å²) in [6, 6.07) is 7.16. The first-order valence-electron chi connectivity index (χ1n) is 6.94. The number of rotatable bonds is 3. The molecule has 0 bridgehead atoms. The van der Waals surface area contributed by atoms with E-state index in [4.69, 9.17) is 11.6 Å². The van der Waals surface area contributed by atoms with Gasteiger partial charge in [-0.2, -0.15) is 0 Å². The van der Waals surface area contributed by atoms with Crippen LogP contribution in [-0.2, 0) is 6.54 Å². The molecule has 22 heavy (non-hydrogen) atoms. The molecule has 0 aliphatic carbocycles. The van der Waals surface area contributed by atoms with Crippen molar-refractivity contribution in [1.82, 2.24) is 14.9 Å². The maximum absolute atomic E-state index is 12.3. The van der Waals surface area contributed by atoms with E-state index < -0.39 is 0 Å². The Bertz CT molecular complexity index is 682. The highest BCUT2D eigenvalue weighted by Gasteiger charge is 2.12. The Morgan fingerprint density at radius 3 is 2.59 bits per heavy atom. The lowest BCUT2D eigenvalue weighted by atomic mass is 10.2. The van der Waals surface area contributed by atoms with Crippen molar-refractivity contribution in [2.24, 2.45) is 0 Å². The van der Waals surface area contributed by atoms with E-state index in [9.17, 15) is 4.79 Å². The van der Waals surface area contributed by atoms with Crippen molar-refractivity contribution < 1.29 is 4.79 Å². The number of hydrogen-bond acceptors (Lipinski definition) is 3. The van der Waals surface area contributed by atoms with Crippen molar-refractivity contribution in [1.29, 1.82) is 0 Å². The average molecular weight is 319 g/mol. The van der Waals surface area contributed by atoms with Crippen LogP contribution in [-0.4, -0.2) is 27.9 Å². The first-order valence-corrected chi connectivity index (χ1v) is 7.32. The topological polar surface area (TPSA) is 58.1 Å². The van der Waals surface area contributed by atoms with Crippen LogP contribution in [0.1, 0.15) is 22.6 Å². The molecule has 1 N–H and O–H groups in total. The van der Waals surface area contributed by atoms with Crippen LogP contribution in [0.15, 0.2) is 24.3 Å². The highest BCUT2D eigenvalue weighted by molar-refractivity contribution is 6.29. The molecule has 0 saturated heterocycles. The van der Waals surface area contributed by atoms with Gasteiger partial charge in [0.05, 0.1) is 23.6 Å². The molecule has 0 radical (unpaired) electrons. The molecule has 0 aromatic carbocycles. The zero-order valence-corrected chi connectivity index (χ0v) is 13.9. The second-order valence-electron chi connectivity index (χ2n) is 5.33. The van der Waals surface area contributed by atoms with Crippen molar-refractivity contribution in [3.8, 4) is 0 Å². The van der Waals surface area contributed by atoms with Gasteiger partial charge in [-0.15, -0.1) is 0 Å². The number of amides is 2. The minimum absolute atomic E-state index is 0.215. The number of pyridine rings is 2. The Morgan fingerprint density at radius 1 is 1.23 bits per heavy atom. The second-order valence-corrected chi connectivity index (χ2v) is 5.72. The Morgan fingerprint density at radius 2 is 1.95 bits per heavy atom. The molecule has 5 nitrogen and oxygen atoms in total. The number of nitrogens with zero attached hydrogens (tertiary/aromatic N) is 3. The number of urea groups is 1. The van der Waals surface area contributed by atoms with Gasteiger partial charge in [0.1, 0.15) is 5.15 Å². The third-order valence-electron chi connectivity index (χ3n) is 3.19. The second kappa shape index (κ2) is 6.75. The van der Waals surface area contributed by atoms with Gasteiger partial charge < -0.3 is 10.2 Å². The van der Waals surface area contributed by atoms with Gasteiger partial charge in [0.2, 0.25) is 0 Å². The van der Waals surface area contributed by atoms with Crippen LogP contribution in [0.5, 0.6) is 0 Å². The van der Waals surface area contributed by atoms with E-state index >= 15 is 0 Å². The summed E-state index contributed by atoms with van der Waals surface area (Å²) in [4.78, 5) is 22.4. The van der Waals surface area contributed by atoms with E-state index in [2.05, 4.69) is 15.3 Å². The number of aromatic nitrogens is 2. The number of halogens is 1. The Kier molecular flexibility index (Phi) is 4.98. The molecule has 2 heterocycles. The maximum atomic E-state index is 12.3. The third-order valence-corrected chi connectivity index (χ3v) is 3.40. The summed E-state index contributed by atoms with van der Waals surface area (Å²) < 4.78 is 0. The predicted octanol–water partition coefficient (Wildman–Crippen LogP) is 3.72. The summed E-state index contributed by atoms with van der Waals surface area (Å²) >= 11 is 5.81. The van der Waals surface area contributed by atoms with Crippen LogP contribution < -0.4 is 5.32 Å². The van der Waals surface area contributed by atoms with E-state index in [1.165, 1.54) is 0 Å². The molecule has 2 aromatic heterocycles. The van der Waals surface area contributed by atoms with Gasteiger partial charge in [0.15, 0.2) is 0 Å². The van der Waals surface area contributed by atoms with Gasteiger partial charge in [0.25, 0.3) is 0 Å². The average Bonchev–Trinajstić information content (AvgIpc) is 2.40. The first-order chi connectivity index (χ1) is 10.3. The Balaban J connectivity index is 2.05. The van der Waals surface area contributed by atoms with Gasteiger partial charge in [0, 0.05) is 12.7 Å². The van der Waals surface area contributed by atoms with E-state index in [-0.39, 0.29) is 6.03 Å². The molecule has 2 amide bonds. The SMILES string of the molecule is Cc1cc(C)nc(CN(C)C(=O)Nc2ccc(Cl)nc2C)c1. The van der Waals surface area contributed by atoms with Crippen LogP contribution in [0.3, 0.4) is 0 Å². The van der Waals surface area contributed by atoms with Crippen molar-refractivity contribution in [2.75, 3.05) is 12.4 Å². The molecule has 0 unspecified atom stereocenters. The number of anilines is 1. The summed E-state index contributed by atoms with van der Waals surface area (Å²) in [5, 5.41) is 3.23. The van der Waals surface area contributed by atoms with Crippen LogP contribution in [0.2, 0.25) is 5.15 Å². The minimum atomic E-state index is -0.215. The van der Waals surface area contributed by atoms with Crippen LogP contribution in [0, 0.1) is 20.8 Å². The molecule has 2 rings (SSSR count). The zero-order valence-electron chi connectivity index (χ0n) is 13.1. The number of carbonyl (C=O) groups excluding carboxylic acids is 1. The van der Waals surface area contributed by atoms with Crippen molar-refractivity contribution in [2.45, 2.75) is 27.3 Å². The zero-order chi connectivity index (χ0) is 16.3. The largest absolute Gasteiger partial charge is 0.322 e. The van der Waals surface area contributed by atoms with Crippen molar-refractivity contribution in [3.05, 3.63) is 52.1 Å². The van der Waals surface area contributed by atoms with Crippen LogP contribution in [0.4, 0.5) is 10.5 Å². The molecule has 0 saturated carbocycles. The van der Waals surface area contributed by atoms with E-state index in [0.717, 1.165) is 17.0 Å². The fourth-order valence-electron chi connectivity index (χ4n) is 2.19. The first kappa shape index (κ1) is 16.2. The van der Waals surface area contributed by atoms with Crippen molar-refractivity contribution >= 4 is 23.3 Å². The molecule has 0 aliphatic heterocycles. The maximum Gasteiger partial charge on any atom is 0.321 e. The van der Waals surface area contributed by atoms with Gasteiger partial charge in [-0.25, -0.2) is 9.78 Å². The predicted molar refractivity (Wildman–Crippen MR) is 88.2 cm³/mol. The molecule has 0 aliphatic rings. The van der Waals surface area contributed by atoms with Gasteiger partial charge in [-0.05, 0) is 50.6 Å². The minimum Gasteiger partial charge on any atom is -0.322 e. The van der Waals surface area contributed by atoms with Gasteiger partial charge in [-0.3, -0.25) is 4.98 Å². The molecular weight excluding hydrogens is 300 g/mol. The molecule has 116 valence electrons. The summed E-state index contributed by atoms with van der Waals surface area (Å²) in [5.74, 6) is 0. The molecule has 2 aromatic rings. The molecular formula is C16H19ClN4O. The standard InChI is InChI=1S/C16H19ClN4O/c1-10-7-11(2)18-13(8-10)9-21(4)16(22)20-14-5-6-15(17)19-12(14)3/h5-8H,9H2,1-4H3,(H,20,22). The fraction of sp³-hybridized carbons (Fsp3) is 0.312. The molecule has 0 fully saturated rings. The number of carbonyl (C=O) groups is 1. The number of hydrogen-bond donors (Lipinski definition) is 1. The molecule has 0 atom stereocenters. The van der Waals surface area contributed by atoms with Crippen LogP contribution in [0.25, 0.3) is 0 Å². The van der Waals surface area contributed by atoms with E-state index in [1.807, 2.05) is 26.0 Å². The summed E-state index contributed by atoms with van der Waals surface area (Å²) in [6.07, 6.45) is 0. The normalized spacial score (nSPS) is 10.4. The monoisotopic (exact) mass is 318 g/mol. The Hall–Kier alpha value is -2.14. The third kappa shape index (κ3) is 4.18. The number of nitrogens with one attached hydrogen (secondary N) is 1. The fourth-order valence-corrected chi connectivity index (χ4v) is 2.38. The molecule has 6 heteroatoms.